The van der Waals surface area contributed by atoms with E-state index in [4.69, 9.17) is 9.15 Å². The van der Waals surface area contributed by atoms with Crippen LogP contribution < -0.4 is 10.1 Å². The van der Waals surface area contributed by atoms with E-state index in [0.717, 1.165) is 35.5 Å². The second-order valence-corrected chi connectivity index (χ2v) is 9.65. The molecule has 0 unspecified atom stereocenters. The molecule has 4 bridgehead atoms. The number of ether oxygens (including phenoxy) is 1. The van der Waals surface area contributed by atoms with Crippen LogP contribution in [0.25, 0.3) is 0 Å². The molecular weight excluding hydrogens is 378 g/mol. The highest BCUT2D eigenvalue weighted by Gasteiger charge is 2.51. The molecule has 30 heavy (non-hydrogen) atoms. The first-order valence-corrected chi connectivity index (χ1v) is 11.3. The standard InChI is InChI=1S/C24H31N3O3/c1-29-20-5-3-2-4-19(20)6-8-22-26-27-23(30-22)9-7-21(28)25-24-13-16-10-17(14-24)12-18(11-16)15-24/h2-5,16-18H,6-15H2,1H3,(H,25,28). The summed E-state index contributed by atoms with van der Waals surface area (Å²) in [6.45, 7) is 0. The fourth-order valence-electron chi connectivity index (χ4n) is 6.48. The third-order valence-corrected chi connectivity index (χ3v) is 7.32. The molecule has 0 aliphatic heterocycles. The summed E-state index contributed by atoms with van der Waals surface area (Å²) in [4.78, 5) is 12.7. The summed E-state index contributed by atoms with van der Waals surface area (Å²) in [7, 11) is 1.68. The number of hydrogen-bond acceptors (Lipinski definition) is 5. The molecule has 0 spiro atoms. The van der Waals surface area contributed by atoms with Gasteiger partial charge in [0.05, 0.1) is 7.11 Å². The molecule has 2 aromatic rings. The summed E-state index contributed by atoms with van der Waals surface area (Å²) in [6.07, 6.45) is 10.0. The van der Waals surface area contributed by atoms with E-state index in [-0.39, 0.29) is 11.4 Å². The number of methoxy groups -OCH3 is 1. The number of nitrogens with zero attached hydrogens (tertiary/aromatic N) is 2. The van der Waals surface area contributed by atoms with E-state index in [9.17, 15) is 4.79 Å². The molecule has 4 fully saturated rings. The van der Waals surface area contributed by atoms with Crippen molar-refractivity contribution in [2.75, 3.05) is 7.11 Å². The normalized spacial score (nSPS) is 29.2. The number of carbonyl (C=O) groups excluding carboxylic acids is 1. The van der Waals surface area contributed by atoms with Crippen molar-refractivity contribution in [1.82, 2.24) is 15.5 Å². The third kappa shape index (κ3) is 4.09. The maximum Gasteiger partial charge on any atom is 0.220 e. The Labute approximate surface area is 177 Å². The molecule has 1 aromatic heterocycles. The molecular formula is C24H31N3O3. The summed E-state index contributed by atoms with van der Waals surface area (Å²) in [5.41, 5.74) is 1.19. The lowest BCUT2D eigenvalue weighted by Crippen LogP contribution is -2.59. The van der Waals surface area contributed by atoms with Crippen molar-refractivity contribution in [3.8, 4) is 5.75 Å². The molecule has 6 rings (SSSR count). The number of rotatable bonds is 8. The maximum absolute atomic E-state index is 12.7. The highest BCUT2D eigenvalue weighted by Crippen LogP contribution is 2.55. The molecule has 4 saturated carbocycles. The molecule has 0 saturated heterocycles. The minimum atomic E-state index is 0.0700. The van der Waals surface area contributed by atoms with Crippen molar-refractivity contribution < 1.29 is 13.9 Å². The quantitative estimate of drug-likeness (QED) is 0.716. The number of aryl methyl sites for hydroxylation is 3. The zero-order valence-corrected chi connectivity index (χ0v) is 17.7. The topological polar surface area (TPSA) is 77.2 Å². The van der Waals surface area contributed by atoms with Gasteiger partial charge in [-0.15, -0.1) is 10.2 Å². The highest BCUT2D eigenvalue weighted by atomic mass is 16.5. The van der Waals surface area contributed by atoms with Crippen molar-refractivity contribution in [1.29, 1.82) is 0 Å². The Morgan fingerprint density at radius 3 is 2.33 bits per heavy atom. The summed E-state index contributed by atoms with van der Waals surface area (Å²) < 4.78 is 11.2. The first-order chi connectivity index (χ1) is 14.6. The van der Waals surface area contributed by atoms with E-state index in [1.54, 1.807) is 7.11 Å². The first kappa shape index (κ1) is 19.6. The summed E-state index contributed by atoms with van der Waals surface area (Å²) in [5, 5.41) is 11.7. The number of carbonyl (C=O) groups is 1. The number of hydrogen-bond donors (Lipinski definition) is 1. The predicted octanol–water partition coefficient (Wildman–Crippen LogP) is 3.88. The van der Waals surface area contributed by atoms with Gasteiger partial charge in [-0.1, -0.05) is 18.2 Å². The molecule has 1 aromatic carbocycles. The van der Waals surface area contributed by atoms with Gasteiger partial charge in [-0.05, 0) is 74.3 Å². The minimum Gasteiger partial charge on any atom is -0.496 e. The second kappa shape index (κ2) is 8.05. The lowest BCUT2D eigenvalue weighted by atomic mass is 9.53. The van der Waals surface area contributed by atoms with Gasteiger partial charge in [0.15, 0.2) is 0 Å². The van der Waals surface area contributed by atoms with E-state index in [0.29, 0.717) is 31.0 Å². The number of nitrogens with one attached hydrogen (secondary N) is 1. The highest BCUT2D eigenvalue weighted by molar-refractivity contribution is 5.77. The van der Waals surface area contributed by atoms with Gasteiger partial charge in [0.1, 0.15) is 5.75 Å². The van der Waals surface area contributed by atoms with Gasteiger partial charge in [-0.25, -0.2) is 0 Å². The van der Waals surface area contributed by atoms with Crippen LogP contribution in [-0.2, 0) is 24.1 Å². The van der Waals surface area contributed by atoms with E-state index in [2.05, 4.69) is 15.5 Å². The van der Waals surface area contributed by atoms with Crippen LogP contribution in [-0.4, -0.2) is 28.8 Å². The van der Waals surface area contributed by atoms with E-state index >= 15 is 0 Å². The van der Waals surface area contributed by atoms with E-state index in [1.807, 2.05) is 24.3 Å². The van der Waals surface area contributed by atoms with Crippen molar-refractivity contribution >= 4 is 5.91 Å². The van der Waals surface area contributed by atoms with Crippen LogP contribution in [0.15, 0.2) is 28.7 Å². The molecule has 4 aliphatic rings. The van der Waals surface area contributed by atoms with Gasteiger partial charge in [-0.2, -0.15) is 0 Å². The zero-order chi connectivity index (χ0) is 20.6. The Kier molecular flexibility index (Phi) is 5.25. The summed E-state index contributed by atoms with van der Waals surface area (Å²) in [5.74, 6) is 4.65. The average Bonchev–Trinajstić information content (AvgIpc) is 3.17. The lowest BCUT2D eigenvalue weighted by molar-refractivity contribution is -0.126. The van der Waals surface area contributed by atoms with Crippen LogP contribution in [0.2, 0.25) is 0 Å². The van der Waals surface area contributed by atoms with Crippen molar-refractivity contribution in [3.05, 3.63) is 41.6 Å². The fraction of sp³-hybridized carbons (Fsp3) is 0.625. The SMILES string of the molecule is COc1ccccc1CCc1nnc(CCC(=O)NC23CC4CC(CC(C4)C2)C3)o1. The Hall–Kier alpha value is -2.37. The molecule has 1 amide bonds. The Bertz CT molecular complexity index is 871. The van der Waals surface area contributed by atoms with Crippen LogP contribution in [0.1, 0.15) is 62.3 Å². The molecule has 4 aliphatic carbocycles. The van der Waals surface area contributed by atoms with Gasteiger partial charge in [0.25, 0.3) is 0 Å². The predicted molar refractivity (Wildman–Crippen MR) is 112 cm³/mol. The van der Waals surface area contributed by atoms with Crippen LogP contribution in [0, 0.1) is 17.8 Å². The zero-order valence-electron chi connectivity index (χ0n) is 17.7. The van der Waals surface area contributed by atoms with E-state index in [1.165, 1.54) is 38.5 Å². The van der Waals surface area contributed by atoms with Gasteiger partial charge >= 0.3 is 0 Å². The van der Waals surface area contributed by atoms with Gasteiger partial charge in [0.2, 0.25) is 17.7 Å². The third-order valence-electron chi connectivity index (χ3n) is 7.32. The Morgan fingerprint density at radius 1 is 1.03 bits per heavy atom. The van der Waals surface area contributed by atoms with Crippen LogP contribution in [0.4, 0.5) is 0 Å². The van der Waals surface area contributed by atoms with Gasteiger partial charge in [-0.3, -0.25) is 4.79 Å². The minimum absolute atomic E-state index is 0.0700. The fourth-order valence-corrected chi connectivity index (χ4v) is 6.48. The summed E-state index contributed by atoms with van der Waals surface area (Å²) in [6, 6.07) is 7.96. The average molecular weight is 410 g/mol. The molecule has 6 nitrogen and oxygen atoms in total. The van der Waals surface area contributed by atoms with Crippen LogP contribution in [0.3, 0.4) is 0 Å². The first-order valence-electron chi connectivity index (χ1n) is 11.3. The Morgan fingerprint density at radius 2 is 1.67 bits per heavy atom. The Balaban J connectivity index is 1.11. The molecule has 0 atom stereocenters. The van der Waals surface area contributed by atoms with Crippen LogP contribution in [0.5, 0.6) is 5.75 Å². The lowest BCUT2D eigenvalue weighted by Gasteiger charge is -2.56. The van der Waals surface area contributed by atoms with Gasteiger partial charge < -0.3 is 14.5 Å². The molecule has 0 radical (unpaired) electrons. The number of para-hydroxylation sites is 1. The van der Waals surface area contributed by atoms with Crippen molar-refractivity contribution in [2.45, 2.75) is 69.7 Å². The number of amides is 1. The molecule has 6 heteroatoms. The van der Waals surface area contributed by atoms with Gasteiger partial charge in [0, 0.05) is 24.8 Å². The number of aromatic nitrogens is 2. The van der Waals surface area contributed by atoms with Crippen LogP contribution >= 0.6 is 0 Å². The van der Waals surface area contributed by atoms with Crippen molar-refractivity contribution in [2.24, 2.45) is 17.8 Å². The maximum atomic E-state index is 12.7. The molecule has 1 heterocycles. The largest absolute Gasteiger partial charge is 0.496 e. The number of benzene rings is 1. The monoisotopic (exact) mass is 409 g/mol. The molecule has 160 valence electrons. The van der Waals surface area contributed by atoms with E-state index < -0.39 is 0 Å². The smallest absolute Gasteiger partial charge is 0.220 e. The summed E-state index contributed by atoms with van der Waals surface area (Å²) >= 11 is 0. The second-order valence-electron chi connectivity index (χ2n) is 9.65. The van der Waals surface area contributed by atoms with Crippen molar-refractivity contribution in [3.63, 3.8) is 0 Å². The molecule has 1 N–H and O–H groups in total.